The van der Waals surface area contributed by atoms with Crippen molar-refractivity contribution < 1.29 is 4.79 Å². The Bertz CT molecular complexity index is 302. The van der Waals surface area contributed by atoms with Gasteiger partial charge in [0, 0.05) is 52.1 Å². The molecule has 0 amide bonds. The fourth-order valence-electron chi connectivity index (χ4n) is 2.24. The van der Waals surface area contributed by atoms with Crippen LogP contribution in [0.3, 0.4) is 0 Å². The lowest BCUT2D eigenvalue weighted by atomic mass is 10.2. The molecule has 0 saturated carbocycles. The highest BCUT2D eigenvalue weighted by molar-refractivity contribution is 5.78. The smallest absolute Gasteiger partial charge is 0.133 e. The molecule has 0 radical (unpaired) electrons. The molecule has 0 aliphatic carbocycles. The van der Waals surface area contributed by atoms with Gasteiger partial charge in [0.1, 0.15) is 5.78 Å². The number of Topliss-reactive ketones (excluding diaryl/α,β-unsaturated/α-hetero) is 1. The number of hydrogen-bond donors (Lipinski definition) is 0. The maximum atomic E-state index is 11.3. The quantitative estimate of drug-likeness (QED) is 0.629. The van der Waals surface area contributed by atoms with Crippen LogP contribution in [0.2, 0.25) is 0 Å². The van der Waals surface area contributed by atoms with Crippen LogP contribution in [0.15, 0.2) is 24.3 Å². The first kappa shape index (κ1) is 16.1. The fourth-order valence-corrected chi connectivity index (χ4v) is 2.24. The summed E-state index contributed by atoms with van der Waals surface area (Å²) in [5, 5.41) is 0. The number of carbonyl (C=O) groups is 1. The summed E-state index contributed by atoms with van der Waals surface area (Å²) >= 11 is 0. The van der Waals surface area contributed by atoms with E-state index >= 15 is 0 Å². The highest BCUT2D eigenvalue weighted by atomic mass is 16.1. The Labute approximate surface area is 118 Å². The minimum absolute atomic E-state index is 0.386. The number of ketones is 1. The number of nitrogens with zero attached hydrogens (tertiary/aromatic N) is 2. The van der Waals surface area contributed by atoms with E-state index in [2.05, 4.69) is 28.0 Å². The van der Waals surface area contributed by atoms with Crippen molar-refractivity contribution in [3.8, 4) is 0 Å². The van der Waals surface area contributed by atoms with Gasteiger partial charge in [-0.15, -0.1) is 0 Å². The van der Waals surface area contributed by atoms with E-state index in [-0.39, 0.29) is 0 Å². The molecule has 0 aromatic rings. The van der Waals surface area contributed by atoms with Crippen LogP contribution >= 0.6 is 0 Å². The fraction of sp³-hybridized carbons (Fsp3) is 0.688. The van der Waals surface area contributed by atoms with Gasteiger partial charge < -0.3 is 9.80 Å². The molecule has 0 bridgehead atoms. The Balaban J connectivity index is 2.09. The Hall–Kier alpha value is -0.930. The molecule has 1 aliphatic rings. The average Bonchev–Trinajstić information content (AvgIpc) is 2.45. The molecule has 1 rings (SSSR count). The van der Waals surface area contributed by atoms with Gasteiger partial charge in [0.2, 0.25) is 0 Å². The minimum Gasteiger partial charge on any atom is -0.300 e. The van der Waals surface area contributed by atoms with Crippen molar-refractivity contribution in [3.63, 3.8) is 0 Å². The second-order valence-electron chi connectivity index (χ2n) is 5.07. The molecule has 1 aliphatic heterocycles. The highest BCUT2D eigenvalue weighted by Gasteiger charge is 2.16. The molecule has 3 nitrogen and oxygen atoms in total. The van der Waals surface area contributed by atoms with Gasteiger partial charge in [-0.25, -0.2) is 0 Å². The van der Waals surface area contributed by atoms with Gasteiger partial charge >= 0.3 is 0 Å². The molecular formula is C16H28N2O. The summed E-state index contributed by atoms with van der Waals surface area (Å²) in [7, 11) is 0. The number of hydrogen-bond acceptors (Lipinski definition) is 3. The third-order valence-electron chi connectivity index (χ3n) is 3.62. The summed E-state index contributed by atoms with van der Waals surface area (Å²) in [6, 6.07) is 0. The van der Waals surface area contributed by atoms with E-state index in [4.69, 9.17) is 0 Å². The van der Waals surface area contributed by atoms with Gasteiger partial charge in [-0.05, 0) is 13.3 Å². The molecule has 19 heavy (non-hydrogen) atoms. The van der Waals surface area contributed by atoms with Crippen molar-refractivity contribution in [2.75, 3.05) is 39.3 Å². The number of rotatable bonds is 8. The third kappa shape index (κ3) is 7.28. The van der Waals surface area contributed by atoms with E-state index in [9.17, 15) is 4.79 Å². The molecule has 108 valence electrons. The number of carbonyl (C=O) groups excluding carboxylic acids is 1. The zero-order valence-corrected chi connectivity index (χ0v) is 12.5. The van der Waals surface area contributed by atoms with E-state index in [1.807, 2.05) is 19.9 Å². The van der Waals surface area contributed by atoms with Gasteiger partial charge in [0.15, 0.2) is 0 Å². The summed E-state index contributed by atoms with van der Waals surface area (Å²) in [4.78, 5) is 16.2. The Morgan fingerprint density at radius 1 is 1.05 bits per heavy atom. The SMILES string of the molecule is C/C=C\C=C/CCN1CCN(CCC(=O)CC)CC1. The lowest BCUT2D eigenvalue weighted by molar-refractivity contribution is -0.119. The average molecular weight is 264 g/mol. The second-order valence-corrected chi connectivity index (χ2v) is 5.07. The Morgan fingerprint density at radius 2 is 1.68 bits per heavy atom. The molecule has 0 aromatic heterocycles. The summed E-state index contributed by atoms with van der Waals surface area (Å²) in [5.41, 5.74) is 0. The van der Waals surface area contributed by atoms with Gasteiger partial charge in [0.25, 0.3) is 0 Å². The Kier molecular flexibility index (Phi) is 8.43. The number of piperazine rings is 1. The molecule has 3 heteroatoms. The van der Waals surface area contributed by atoms with Crippen LogP contribution in [0.25, 0.3) is 0 Å². The van der Waals surface area contributed by atoms with Crippen LogP contribution in [0, 0.1) is 0 Å². The van der Waals surface area contributed by atoms with Crippen LogP contribution in [-0.2, 0) is 4.79 Å². The molecule has 0 N–H and O–H groups in total. The first-order valence-corrected chi connectivity index (χ1v) is 7.50. The normalized spacial score (nSPS) is 18.6. The molecule has 0 unspecified atom stereocenters. The van der Waals surface area contributed by atoms with Gasteiger partial charge in [-0.1, -0.05) is 31.2 Å². The first-order chi connectivity index (χ1) is 9.26. The number of allylic oxidation sites excluding steroid dienone is 3. The molecule has 1 saturated heterocycles. The van der Waals surface area contributed by atoms with E-state index in [1.165, 1.54) is 0 Å². The van der Waals surface area contributed by atoms with E-state index in [1.54, 1.807) is 0 Å². The molecule has 0 aromatic carbocycles. The van der Waals surface area contributed by atoms with Crippen molar-refractivity contribution in [1.29, 1.82) is 0 Å². The lowest BCUT2D eigenvalue weighted by Gasteiger charge is -2.34. The maximum Gasteiger partial charge on any atom is 0.133 e. The predicted octanol–water partition coefficient (Wildman–Crippen LogP) is 2.50. The summed E-state index contributed by atoms with van der Waals surface area (Å²) in [6.07, 6.45) is 11.0. The zero-order chi connectivity index (χ0) is 13.9. The van der Waals surface area contributed by atoms with Gasteiger partial charge in [0.05, 0.1) is 0 Å². The monoisotopic (exact) mass is 264 g/mol. The van der Waals surface area contributed by atoms with Crippen LogP contribution in [0.1, 0.15) is 33.1 Å². The lowest BCUT2D eigenvalue weighted by Crippen LogP contribution is -2.46. The minimum atomic E-state index is 0.386. The standard InChI is InChI=1S/C16H28N2O/c1-3-5-6-7-8-10-17-12-14-18(15-13-17)11-9-16(19)4-2/h3,5-7H,4,8-15H2,1-2H3/b5-3-,7-6-. The summed E-state index contributed by atoms with van der Waals surface area (Å²) in [5.74, 6) is 0.386. The van der Waals surface area contributed by atoms with Crippen LogP contribution in [0.4, 0.5) is 0 Å². The largest absolute Gasteiger partial charge is 0.300 e. The van der Waals surface area contributed by atoms with E-state index in [0.29, 0.717) is 12.2 Å². The highest BCUT2D eigenvalue weighted by Crippen LogP contribution is 2.04. The van der Waals surface area contributed by atoms with Gasteiger partial charge in [-0.3, -0.25) is 4.79 Å². The molecule has 0 spiro atoms. The van der Waals surface area contributed by atoms with Crippen molar-refractivity contribution in [2.24, 2.45) is 0 Å². The molecule has 0 atom stereocenters. The summed E-state index contributed by atoms with van der Waals surface area (Å²) < 4.78 is 0. The maximum absolute atomic E-state index is 11.3. The van der Waals surface area contributed by atoms with Crippen LogP contribution < -0.4 is 0 Å². The van der Waals surface area contributed by atoms with Gasteiger partial charge in [-0.2, -0.15) is 0 Å². The Morgan fingerprint density at radius 3 is 2.26 bits per heavy atom. The van der Waals surface area contributed by atoms with Crippen molar-refractivity contribution in [3.05, 3.63) is 24.3 Å². The summed E-state index contributed by atoms with van der Waals surface area (Å²) in [6.45, 7) is 10.6. The molecule has 1 fully saturated rings. The van der Waals surface area contributed by atoms with Crippen molar-refractivity contribution >= 4 is 5.78 Å². The zero-order valence-electron chi connectivity index (χ0n) is 12.5. The first-order valence-electron chi connectivity index (χ1n) is 7.50. The predicted molar refractivity (Wildman–Crippen MR) is 81.4 cm³/mol. The topological polar surface area (TPSA) is 23.6 Å². The van der Waals surface area contributed by atoms with Crippen molar-refractivity contribution in [1.82, 2.24) is 9.80 Å². The van der Waals surface area contributed by atoms with E-state index < -0.39 is 0 Å². The van der Waals surface area contributed by atoms with E-state index in [0.717, 1.165) is 52.1 Å². The van der Waals surface area contributed by atoms with Crippen LogP contribution in [0.5, 0.6) is 0 Å². The van der Waals surface area contributed by atoms with Crippen LogP contribution in [-0.4, -0.2) is 54.9 Å². The molecule has 1 heterocycles. The van der Waals surface area contributed by atoms with Crippen molar-refractivity contribution in [2.45, 2.75) is 33.1 Å². The third-order valence-corrected chi connectivity index (χ3v) is 3.62. The molecular weight excluding hydrogens is 236 g/mol. The second kappa shape index (κ2) is 9.93.